The maximum atomic E-state index is 2.43. The van der Waals surface area contributed by atoms with Crippen molar-refractivity contribution in [2.45, 2.75) is 12.8 Å². The van der Waals surface area contributed by atoms with Crippen molar-refractivity contribution in [3.8, 4) is 0 Å². The molecule has 1 saturated carbocycles. The molecule has 0 spiro atoms. The van der Waals surface area contributed by atoms with E-state index in [9.17, 15) is 0 Å². The molecule has 5 rings (SSSR count). The minimum atomic E-state index is 0.506. The molecule has 0 heterocycles. The minimum absolute atomic E-state index is 0.506. The molecule has 0 radical (unpaired) electrons. The lowest BCUT2D eigenvalue weighted by Crippen LogP contribution is -2.31. The summed E-state index contributed by atoms with van der Waals surface area (Å²) in [5.74, 6) is 1.01. The van der Waals surface area contributed by atoms with E-state index < -0.39 is 0 Å². The molecule has 0 aromatic heterocycles. The van der Waals surface area contributed by atoms with E-state index in [-0.39, 0.29) is 0 Å². The zero-order chi connectivity index (χ0) is 15.9. The van der Waals surface area contributed by atoms with E-state index in [4.69, 9.17) is 0 Å². The summed E-state index contributed by atoms with van der Waals surface area (Å²) >= 11 is 0. The van der Waals surface area contributed by atoms with Gasteiger partial charge in [-0.2, -0.15) is 0 Å². The van der Waals surface area contributed by atoms with Gasteiger partial charge in [0, 0.05) is 11.8 Å². The summed E-state index contributed by atoms with van der Waals surface area (Å²) in [6, 6.07) is 0. The first-order valence-electron chi connectivity index (χ1n) is 8.79. The van der Waals surface area contributed by atoms with Gasteiger partial charge in [0.25, 0.3) is 0 Å². The number of hydrogen-bond donors (Lipinski definition) is 0. The van der Waals surface area contributed by atoms with Crippen LogP contribution in [0.5, 0.6) is 0 Å². The van der Waals surface area contributed by atoms with Crippen LogP contribution in [0.1, 0.15) is 12.8 Å². The van der Waals surface area contributed by atoms with Crippen molar-refractivity contribution in [1.82, 2.24) is 0 Å². The SMILES string of the molecule is C1=CC=C2/C=C3/C4=C/C5=CC=CC=C(/C=C\C4C3/C=C\C(=C1)C2)C5. The number of hydrogen-bond acceptors (Lipinski definition) is 0. The Morgan fingerprint density at radius 2 is 0.958 bits per heavy atom. The highest BCUT2D eigenvalue weighted by atomic mass is 14.4. The van der Waals surface area contributed by atoms with Gasteiger partial charge < -0.3 is 0 Å². The van der Waals surface area contributed by atoms with Crippen LogP contribution >= 0.6 is 0 Å². The molecular weight excluding hydrogens is 288 g/mol. The third kappa shape index (κ3) is 2.30. The molecule has 4 bridgehead atoms. The zero-order valence-electron chi connectivity index (χ0n) is 13.7. The Morgan fingerprint density at radius 3 is 1.42 bits per heavy atom. The van der Waals surface area contributed by atoms with Crippen LogP contribution in [0.25, 0.3) is 0 Å². The fraction of sp³-hybridized carbons (Fsp3) is 0.167. The first-order chi connectivity index (χ1) is 11.9. The average Bonchev–Trinajstić information content (AvgIpc) is 2.93. The topological polar surface area (TPSA) is 0 Å². The quantitative estimate of drug-likeness (QED) is 0.526. The van der Waals surface area contributed by atoms with E-state index in [1.54, 1.807) is 0 Å². The van der Waals surface area contributed by atoms with Gasteiger partial charge in [-0.15, -0.1) is 0 Å². The van der Waals surface area contributed by atoms with Crippen LogP contribution in [-0.4, -0.2) is 0 Å². The van der Waals surface area contributed by atoms with Gasteiger partial charge in [0.1, 0.15) is 0 Å². The van der Waals surface area contributed by atoms with Crippen molar-refractivity contribution in [2.24, 2.45) is 11.8 Å². The Labute approximate surface area is 143 Å². The molecule has 0 saturated heterocycles. The van der Waals surface area contributed by atoms with Crippen LogP contribution in [0.2, 0.25) is 0 Å². The summed E-state index contributed by atoms with van der Waals surface area (Å²) in [4.78, 5) is 0. The predicted octanol–water partition coefficient (Wildman–Crippen LogP) is 5.85. The predicted molar refractivity (Wildman–Crippen MR) is 101 cm³/mol. The molecule has 0 N–H and O–H groups in total. The molecule has 5 aliphatic carbocycles. The second-order valence-electron chi connectivity index (χ2n) is 7.06. The van der Waals surface area contributed by atoms with E-state index in [1.165, 1.54) is 33.4 Å². The lowest BCUT2D eigenvalue weighted by molar-refractivity contribution is 0.518. The molecule has 0 aromatic rings. The summed E-state index contributed by atoms with van der Waals surface area (Å²) < 4.78 is 0. The first kappa shape index (κ1) is 13.8. The Bertz CT molecular complexity index is 822. The summed E-state index contributed by atoms with van der Waals surface area (Å²) in [5, 5.41) is 0. The molecule has 0 nitrogen and oxygen atoms in total. The van der Waals surface area contributed by atoms with Gasteiger partial charge in [0.2, 0.25) is 0 Å². The molecule has 1 fully saturated rings. The fourth-order valence-electron chi connectivity index (χ4n) is 4.19. The van der Waals surface area contributed by atoms with E-state index in [2.05, 4.69) is 85.1 Å². The summed E-state index contributed by atoms with van der Waals surface area (Å²) in [5.41, 5.74) is 8.65. The smallest absolute Gasteiger partial charge is 0.0128 e. The first-order valence-corrected chi connectivity index (χ1v) is 8.79. The second kappa shape index (κ2) is 5.49. The number of allylic oxidation sites excluding steroid dienone is 20. The Kier molecular flexibility index (Phi) is 3.16. The highest BCUT2D eigenvalue weighted by molar-refractivity contribution is 5.60. The Hall–Kier alpha value is -2.60. The Balaban J connectivity index is 1.63. The summed E-state index contributed by atoms with van der Waals surface area (Å²) in [6.07, 6.45) is 34.0. The van der Waals surface area contributed by atoms with Crippen LogP contribution in [0.3, 0.4) is 0 Å². The van der Waals surface area contributed by atoms with Crippen molar-refractivity contribution >= 4 is 0 Å². The van der Waals surface area contributed by atoms with Crippen LogP contribution < -0.4 is 0 Å². The number of rotatable bonds is 0. The van der Waals surface area contributed by atoms with Gasteiger partial charge in [-0.25, -0.2) is 0 Å². The summed E-state index contributed by atoms with van der Waals surface area (Å²) in [6.45, 7) is 0. The highest BCUT2D eigenvalue weighted by Crippen LogP contribution is 2.50. The maximum absolute atomic E-state index is 2.43. The van der Waals surface area contributed by atoms with Crippen molar-refractivity contribution in [3.63, 3.8) is 0 Å². The van der Waals surface area contributed by atoms with Crippen molar-refractivity contribution in [1.29, 1.82) is 0 Å². The fourth-order valence-corrected chi connectivity index (χ4v) is 4.19. The maximum Gasteiger partial charge on any atom is 0.0128 e. The lowest BCUT2D eigenvalue weighted by Gasteiger charge is -2.41. The number of fused-ring (bicyclic) bond motifs is 8. The monoisotopic (exact) mass is 308 g/mol. The molecule has 0 amide bonds. The molecule has 0 aromatic carbocycles. The van der Waals surface area contributed by atoms with E-state index in [0.29, 0.717) is 11.8 Å². The average molecular weight is 308 g/mol. The van der Waals surface area contributed by atoms with E-state index >= 15 is 0 Å². The lowest BCUT2D eigenvalue weighted by atomic mass is 9.62. The molecule has 5 aliphatic rings. The van der Waals surface area contributed by atoms with Crippen molar-refractivity contribution in [3.05, 3.63) is 119 Å². The van der Waals surface area contributed by atoms with Gasteiger partial charge in [0.15, 0.2) is 0 Å². The third-order valence-electron chi connectivity index (χ3n) is 5.44. The van der Waals surface area contributed by atoms with Crippen LogP contribution in [0, 0.1) is 11.8 Å². The normalized spacial score (nSPS) is 36.3. The molecule has 0 heteroatoms. The Morgan fingerprint density at radius 1 is 0.542 bits per heavy atom. The molecule has 116 valence electrons. The summed E-state index contributed by atoms with van der Waals surface area (Å²) in [7, 11) is 0. The van der Waals surface area contributed by atoms with E-state index in [1.807, 2.05) is 0 Å². The largest absolute Gasteiger partial charge is 0.0758 e. The zero-order valence-corrected chi connectivity index (χ0v) is 13.7. The van der Waals surface area contributed by atoms with Crippen molar-refractivity contribution < 1.29 is 0 Å². The van der Waals surface area contributed by atoms with Crippen LogP contribution in [0.4, 0.5) is 0 Å². The minimum Gasteiger partial charge on any atom is -0.0758 e. The molecule has 2 atom stereocenters. The van der Waals surface area contributed by atoms with E-state index in [0.717, 1.165) is 12.8 Å². The highest BCUT2D eigenvalue weighted by Gasteiger charge is 2.38. The van der Waals surface area contributed by atoms with Gasteiger partial charge in [-0.3, -0.25) is 0 Å². The van der Waals surface area contributed by atoms with Gasteiger partial charge in [0.05, 0.1) is 0 Å². The van der Waals surface area contributed by atoms with Crippen molar-refractivity contribution in [2.75, 3.05) is 0 Å². The second-order valence-corrected chi connectivity index (χ2v) is 7.06. The van der Waals surface area contributed by atoms with Gasteiger partial charge in [-0.05, 0) is 46.3 Å². The molecule has 0 aliphatic heterocycles. The van der Waals surface area contributed by atoms with Gasteiger partial charge in [-0.1, -0.05) is 85.1 Å². The van der Waals surface area contributed by atoms with Crippen LogP contribution in [-0.2, 0) is 0 Å². The standard InChI is InChI=1S/C24H20/c1-3-7-19-13-17(5-1)9-11-21-22-12-10-18-6-2-4-8-20(14-18)16-24(22)23(21)15-19/h1-12,15-16,21-22H,13-14H2/b11-9-,12-10-,23-15+,24-16+. The molecule has 2 unspecified atom stereocenters. The molecular formula is C24H20. The third-order valence-corrected chi connectivity index (χ3v) is 5.44. The van der Waals surface area contributed by atoms with Gasteiger partial charge >= 0.3 is 0 Å². The molecule has 24 heavy (non-hydrogen) atoms. The van der Waals surface area contributed by atoms with Crippen LogP contribution in [0.15, 0.2) is 119 Å².